The molecule has 10 heteroatoms. The lowest BCUT2D eigenvalue weighted by Gasteiger charge is -2.36. The van der Waals surface area contributed by atoms with Gasteiger partial charge in [-0.1, -0.05) is 0 Å². The highest BCUT2D eigenvalue weighted by molar-refractivity contribution is 8.00. The number of carbonyl (C=O) groups excluding carboxylic acids is 5. The molecule has 3 heterocycles. The third kappa shape index (κ3) is 3.94. The van der Waals surface area contributed by atoms with Crippen molar-refractivity contribution in [3.05, 3.63) is 0 Å². The van der Waals surface area contributed by atoms with Crippen LogP contribution in [0.5, 0.6) is 0 Å². The smallest absolute Gasteiger partial charge is 0.242 e. The van der Waals surface area contributed by atoms with Gasteiger partial charge in [-0.25, -0.2) is 0 Å². The van der Waals surface area contributed by atoms with E-state index in [4.69, 9.17) is 0 Å². The molecule has 3 rings (SSSR count). The van der Waals surface area contributed by atoms with Crippen LogP contribution in [0.2, 0.25) is 0 Å². The molecule has 0 radical (unpaired) electrons. The highest BCUT2D eigenvalue weighted by Crippen LogP contribution is 2.15. The van der Waals surface area contributed by atoms with Crippen LogP contribution in [0.1, 0.15) is 12.8 Å². The van der Waals surface area contributed by atoms with Crippen molar-refractivity contribution in [2.75, 3.05) is 50.9 Å². The van der Waals surface area contributed by atoms with Gasteiger partial charge in [-0.3, -0.25) is 28.9 Å². The summed E-state index contributed by atoms with van der Waals surface area (Å²) in [6.45, 7) is 1.37. The highest BCUT2D eigenvalue weighted by Gasteiger charge is 2.33. The molecule has 0 atom stereocenters. The van der Waals surface area contributed by atoms with Gasteiger partial charge in [0.2, 0.25) is 29.5 Å². The zero-order valence-electron chi connectivity index (χ0n) is 13.8. The lowest BCUT2D eigenvalue weighted by Crippen LogP contribution is -2.54. The number of amides is 5. The maximum atomic E-state index is 12.3. The average molecular weight is 368 g/mol. The minimum atomic E-state index is -0.305. The first-order chi connectivity index (χ1) is 12.0. The normalized spacial score (nSPS) is 21.5. The van der Waals surface area contributed by atoms with Gasteiger partial charge < -0.3 is 14.7 Å². The van der Waals surface area contributed by atoms with Crippen molar-refractivity contribution >= 4 is 41.3 Å². The second-order valence-electron chi connectivity index (χ2n) is 6.20. The van der Waals surface area contributed by atoms with E-state index in [0.29, 0.717) is 37.8 Å². The van der Waals surface area contributed by atoms with Crippen LogP contribution in [-0.4, -0.2) is 100 Å². The lowest BCUT2D eigenvalue weighted by molar-refractivity contribution is -0.147. The second-order valence-corrected chi connectivity index (χ2v) is 7.16. The first-order valence-electron chi connectivity index (χ1n) is 8.20. The molecule has 0 saturated carbocycles. The fraction of sp³-hybridized carbons (Fsp3) is 0.667. The molecule has 136 valence electrons. The van der Waals surface area contributed by atoms with Gasteiger partial charge in [0, 0.05) is 39.0 Å². The minimum Gasteiger partial charge on any atom is -0.338 e. The van der Waals surface area contributed by atoms with Crippen LogP contribution in [0.15, 0.2) is 0 Å². The van der Waals surface area contributed by atoms with Crippen LogP contribution in [-0.2, 0) is 24.0 Å². The predicted octanol–water partition coefficient (Wildman–Crippen LogP) is -1.66. The summed E-state index contributed by atoms with van der Waals surface area (Å²) < 4.78 is 0. The number of rotatable bonds is 4. The Kier molecular flexibility index (Phi) is 5.26. The highest BCUT2D eigenvalue weighted by atomic mass is 32.2. The summed E-state index contributed by atoms with van der Waals surface area (Å²) >= 11 is 1.49. The van der Waals surface area contributed by atoms with Gasteiger partial charge >= 0.3 is 0 Å². The van der Waals surface area contributed by atoms with Crippen LogP contribution < -0.4 is 0 Å². The first-order valence-corrected chi connectivity index (χ1v) is 9.35. The number of carbonyl (C=O) groups is 5. The van der Waals surface area contributed by atoms with E-state index in [1.165, 1.54) is 16.7 Å². The Bertz CT molecular complexity index is 601. The zero-order chi connectivity index (χ0) is 18.0. The second kappa shape index (κ2) is 7.42. The van der Waals surface area contributed by atoms with Crippen molar-refractivity contribution in [1.29, 1.82) is 0 Å². The van der Waals surface area contributed by atoms with E-state index in [-0.39, 0.29) is 55.5 Å². The van der Waals surface area contributed by atoms with E-state index in [2.05, 4.69) is 0 Å². The molecule has 0 aromatic heterocycles. The Morgan fingerprint density at radius 2 is 1.32 bits per heavy atom. The Morgan fingerprint density at radius 3 is 1.80 bits per heavy atom. The van der Waals surface area contributed by atoms with Gasteiger partial charge in [0.1, 0.15) is 13.1 Å². The molecule has 3 aliphatic rings. The van der Waals surface area contributed by atoms with E-state index < -0.39 is 0 Å². The summed E-state index contributed by atoms with van der Waals surface area (Å²) in [7, 11) is 0. The first kappa shape index (κ1) is 17.7. The van der Waals surface area contributed by atoms with Crippen LogP contribution in [0, 0.1) is 0 Å². The number of thioether (sulfide) groups is 1. The summed E-state index contributed by atoms with van der Waals surface area (Å²) in [6, 6.07) is 0. The van der Waals surface area contributed by atoms with Crippen LogP contribution in [0.4, 0.5) is 0 Å². The van der Waals surface area contributed by atoms with Crippen LogP contribution in [0.3, 0.4) is 0 Å². The summed E-state index contributed by atoms with van der Waals surface area (Å²) in [5, 5.41) is 0. The van der Waals surface area contributed by atoms with Crippen molar-refractivity contribution in [3.63, 3.8) is 0 Å². The number of imide groups is 1. The fourth-order valence-corrected chi connectivity index (χ4v) is 3.95. The van der Waals surface area contributed by atoms with E-state index in [1.54, 1.807) is 9.80 Å². The number of hydrogen-bond acceptors (Lipinski definition) is 6. The molecular formula is C15H20N4O5S. The average Bonchev–Trinajstić information content (AvgIpc) is 3.15. The van der Waals surface area contributed by atoms with Gasteiger partial charge in [-0.2, -0.15) is 0 Å². The molecule has 3 fully saturated rings. The van der Waals surface area contributed by atoms with Gasteiger partial charge in [-0.05, 0) is 0 Å². The number of nitrogens with zero attached hydrogens (tertiary/aromatic N) is 4. The molecule has 0 aliphatic carbocycles. The molecule has 3 saturated heterocycles. The summed E-state index contributed by atoms with van der Waals surface area (Å²) in [6.07, 6.45) is 0.337. The number of likely N-dealkylation sites (tertiary alicyclic amines) is 1. The molecule has 9 nitrogen and oxygen atoms in total. The van der Waals surface area contributed by atoms with Crippen LogP contribution >= 0.6 is 11.8 Å². The molecule has 0 spiro atoms. The SMILES string of the molecule is O=C(CN1CSCC1=O)N1CCN(C(=O)CN2C(=O)CCC2=O)CC1. The lowest BCUT2D eigenvalue weighted by atomic mass is 10.3. The third-order valence-corrected chi connectivity index (χ3v) is 5.53. The van der Waals surface area contributed by atoms with E-state index in [0.717, 1.165) is 4.90 Å². The van der Waals surface area contributed by atoms with Gasteiger partial charge in [0.15, 0.2) is 0 Å². The maximum Gasteiger partial charge on any atom is 0.242 e. The Morgan fingerprint density at radius 1 is 0.800 bits per heavy atom. The number of hydrogen-bond donors (Lipinski definition) is 0. The summed E-state index contributed by atoms with van der Waals surface area (Å²) in [5.74, 6) is -0.0628. The van der Waals surface area contributed by atoms with Crippen molar-refractivity contribution in [1.82, 2.24) is 19.6 Å². The van der Waals surface area contributed by atoms with Crippen molar-refractivity contribution < 1.29 is 24.0 Å². The maximum absolute atomic E-state index is 12.3. The summed E-state index contributed by atoms with van der Waals surface area (Å²) in [4.78, 5) is 65.0. The monoisotopic (exact) mass is 368 g/mol. The van der Waals surface area contributed by atoms with Crippen molar-refractivity contribution in [2.45, 2.75) is 12.8 Å². The molecule has 0 aromatic carbocycles. The Labute approximate surface area is 149 Å². The van der Waals surface area contributed by atoms with E-state index in [1.807, 2.05) is 0 Å². The number of piperazine rings is 1. The molecule has 0 unspecified atom stereocenters. The quantitative estimate of drug-likeness (QED) is 0.551. The van der Waals surface area contributed by atoms with Crippen molar-refractivity contribution in [3.8, 4) is 0 Å². The van der Waals surface area contributed by atoms with Gasteiger partial charge in [0.05, 0.1) is 11.6 Å². The zero-order valence-corrected chi connectivity index (χ0v) is 14.6. The fourth-order valence-electron chi connectivity index (χ4n) is 3.04. The molecule has 5 amide bonds. The molecule has 3 aliphatic heterocycles. The van der Waals surface area contributed by atoms with Gasteiger partial charge in [-0.15, -0.1) is 11.8 Å². The summed E-state index contributed by atoms with van der Waals surface area (Å²) in [5.41, 5.74) is 0. The Hall–Kier alpha value is -2.10. The standard InChI is InChI=1S/C15H20N4O5S/c20-11-1-2-12(21)19(11)8-14(23)17-5-3-16(4-6-17)13(22)7-18-10-25-9-15(18)24/h1-10H2. The van der Waals surface area contributed by atoms with Gasteiger partial charge in [0.25, 0.3) is 0 Å². The molecule has 0 aromatic rings. The largest absolute Gasteiger partial charge is 0.338 e. The molecule has 0 bridgehead atoms. The molecular weight excluding hydrogens is 348 g/mol. The topological polar surface area (TPSA) is 98.3 Å². The minimum absolute atomic E-state index is 0.0212. The third-order valence-electron chi connectivity index (χ3n) is 4.58. The molecule has 0 N–H and O–H groups in total. The Balaban J connectivity index is 1.45. The van der Waals surface area contributed by atoms with Crippen molar-refractivity contribution in [2.24, 2.45) is 0 Å². The molecule has 25 heavy (non-hydrogen) atoms. The predicted molar refractivity (Wildman–Crippen MR) is 88.2 cm³/mol. The van der Waals surface area contributed by atoms with E-state index >= 15 is 0 Å². The van der Waals surface area contributed by atoms with E-state index in [9.17, 15) is 24.0 Å². The van der Waals surface area contributed by atoms with Crippen LogP contribution in [0.25, 0.3) is 0 Å².